The molecule has 0 aromatic rings. The van der Waals surface area contributed by atoms with Crippen LogP contribution in [0.1, 0.15) is 26.7 Å². The maximum Gasteiger partial charge on any atom is 0.239 e. The molecule has 1 heterocycles. The molecule has 0 aromatic heterocycles. The fraction of sp³-hybridized carbons (Fsp3) is 0.917. The van der Waals surface area contributed by atoms with Crippen molar-refractivity contribution in [3.8, 4) is 0 Å². The number of nitrogens with two attached hydrogens (primary N) is 1. The maximum atomic E-state index is 11.6. The Morgan fingerprint density at radius 2 is 2.06 bits per heavy atom. The lowest BCUT2D eigenvalue weighted by Crippen LogP contribution is -2.47. The van der Waals surface area contributed by atoms with E-state index < -0.39 is 6.04 Å². The Morgan fingerprint density at radius 3 is 2.59 bits per heavy atom. The number of ether oxygens (including phenoxy) is 2. The van der Waals surface area contributed by atoms with Crippen molar-refractivity contribution in [2.45, 2.75) is 38.8 Å². The minimum Gasteiger partial charge on any atom is -0.379 e. The van der Waals surface area contributed by atoms with Gasteiger partial charge in [0, 0.05) is 19.7 Å². The summed E-state index contributed by atoms with van der Waals surface area (Å²) >= 11 is 0. The first-order chi connectivity index (χ1) is 8.15. The van der Waals surface area contributed by atoms with E-state index in [-0.39, 0.29) is 12.0 Å². The van der Waals surface area contributed by atoms with Gasteiger partial charge in [0.1, 0.15) is 0 Å². The summed E-state index contributed by atoms with van der Waals surface area (Å²) in [5.41, 5.74) is 5.58. The first-order valence-electron chi connectivity index (χ1n) is 6.38. The van der Waals surface area contributed by atoms with Gasteiger partial charge in [-0.25, -0.2) is 0 Å². The predicted molar refractivity (Wildman–Crippen MR) is 65.7 cm³/mol. The molecule has 17 heavy (non-hydrogen) atoms. The summed E-state index contributed by atoms with van der Waals surface area (Å²) in [6, 6.07) is -0.398. The number of likely N-dealkylation sites (tertiary alicyclic amines) is 1. The van der Waals surface area contributed by atoms with Gasteiger partial charge in [0.25, 0.3) is 0 Å². The fourth-order valence-electron chi connectivity index (χ4n) is 1.95. The first-order valence-corrected chi connectivity index (χ1v) is 6.38. The summed E-state index contributed by atoms with van der Waals surface area (Å²) in [6.45, 7) is 7.21. The molecule has 5 heteroatoms. The van der Waals surface area contributed by atoms with Gasteiger partial charge in [-0.3, -0.25) is 4.79 Å². The van der Waals surface area contributed by atoms with Crippen molar-refractivity contribution in [1.29, 1.82) is 0 Å². The highest BCUT2D eigenvalue weighted by Gasteiger charge is 2.24. The molecule has 0 bridgehead atoms. The standard InChI is InChI=1S/C12H24N2O3/c1-3-16-8-9-17-11-4-6-14(7-5-11)12(15)10(2)13/h10-11H,3-9,13H2,1-2H3. The van der Waals surface area contributed by atoms with Crippen LogP contribution in [0.25, 0.3) is 0 Å². The molecule has 0 radical (unpaired) electrons. The van der Waals surface area contributed by atoms with Crippen molar-refractivity contribution < 1.29 is 14.3 Å². The van der Waals surface area contributed by atoms with Gasteiger partial charge in [0.05, 0.1) is 25.4 Å². The van der Waals surface area contributed by atoms with Crippen molar-refractivity contribution in [2.24, 2.45) is 5.73 Å². The molecule has 1 unspecified atom stereocenters. The van der Waals surface area contributed by atoms with Crippen LogP contribution in [0.4, 0.5) is 0 Å². The lowest BCUT2D eigenvalue weighted by molar-refractivity contribution is -0.135. The monoisotopic (exact) mass is 244 g/mol. The highest BCUT2D eigenvalue weighted by Crippen LogP contribution is 2.14. The molecule has 100 valence electrons. The number of hydrogen-bond donors (Lipinski definition) is 1. The Bertz CT molecular complexity index is 226. The third-order valence-corrected chi connectivity index (χ3v) is 2.93. The third kappa shape index (κ3) is 5.02. The van der Waals surface area contributed by atoms with Crippen molar-refractivity contribution in [1.82, 2.24) is 4.90 Å². The van der Waals surface area contributed by atoms with Crippen molar-refractivity contribution in [2.75, 3.05) is 32.9 Å². The zero-order valence-electron chi connectivity index (χ0n) is 10.9. The summed E-state index contributed by atoms with van der Waals surface area (Å²) in [6.07, 6.45) is 2.04. The fourth-order valence-corrected chi connectivity index (χ4v) is 1.95. The molecular weight excluding hydrogens is 220 g/mol. The molecule has 1 saturated heterocycles. The molecule has 0 aliphatic carbocycles. The lowest BCUT2D eigenvalue weighted by Gasteiger charge is -2.32. The number of hydrogen-bond acceptors (Lipinski definition) is 4. The molecule has 1 atom stereocenters. The zero-order chi connectivity index (χ0) is 12.7. The van der Waals surface area contributed by atoms with E-state index in [0.717, 1.165) is 32.5 Å². The van der Waals surface area contributed by atoms with Gasteiger partial charge in [0.2, 0.25) is 5.91 Å². The highest BCUT2D eigenvalue weighted by molar-refractivity contribution is 5.81. The van der Waals surface area contributed by atoms with Crippen LogP contribution < -0.4 is 5.73 Å². The molecule has 1 aliphatic heterocycles. The summed E-state index contributed by atoms with van der Waals surface area (Å²) < 4.78 is 10.9. The minimum atomic E-state index is -0.398. The second kappa shape index (κ2) is 7.63. The van der Waals surface area contributed by atoms with E-state index in [0.29, 0.717) is 13.2 Å². The van der Waals surface area contributed by atoms with Crippen LogP contribution in [-0.2, 0) is 14.3 Å². The Morgan fingerprint density at radius 1 is 1.41 bits per heavy atom. The maximum absolute atomic E-state index is 11.6. The quantitative estimate of drug-likeness (QED) is 0.686. The van der Waals surface area contributed by atoms with Crippen LogP contribution in [0.5, 0.6) is 0 Å². The van der Waals surface area contributed by atoms with E-state index >= 15 is 0 Å². The molecule has 0 spiro atoms. The average molecular weight is 244 g/mol. The lowest BCUT2D eigenvalue weighted by atomic mass is 10.1. The first kappa shape index (κ1) is 14.4. The molecule has 2 N–H and O–H groups in total. The van der Waals surface area contributed by atoms with E-state index in [1.54, 1.807) is 6.92 Å². The Labute approximate surface area is 103 Å². The number of rotatable bonds is 6. The van der Waals surface area contributed by atoms with Gasteiger partial charge >= 0.3 is 0 Å². The number of nitrogens with zero attached hydrogens (tertiary/aromatic N) is 1. The summed E-state index contributed by atoms with van der Waals surface area (Å²) in [5.74, 6) is 0.0396. The molecule has 0 saturated carbocycles. The van der Waals surface area contributed by atoms with Gasteiger partial charge in [-0.1, -0.05) is 0 Å². The predicted octanol–water partition coefficient (Wildman–Crippen LogP) is 0.378. The van der Waals surface area contributed by atoms with E-state index in [9.17, 15) is 4.79 Å². The number of carbonyl (C=O) groups is 1. The Hall–Kier alpha value is -0.650. The van der Waals surface area contributed by atoms with Crippen LogP contribution in [0, 0.1) is 0 Å². The smallest absolute Gasteiger partial charge is 0.239 e. The van der Waals surface area contributed by atoms with E-state index in [1.165, 1.54) is 0 Å². The number of carbonyl (C=O) groups excluding carboxylic acids is 1. The van der Waals surface area contributed by atoms with Crippen LogP contribution in [0.2, 0.25) is 0 Å². The molecule has 1 fully saturated rings. The Kier molecular flexibility index (Phi) is 6.47. The molecule has 1 aliphatic rings. The van der Waals surface area contributed by atoms with Crippen LogP contribution in [-0.4, -0.2) is 55.9 Å². The molecule has 5 nitrogen and oxygen atoms in total. The summed E-state index contributed by atoms with van der Waals surface area (Å²) in [4.78, 5) is 13.5. The topological polar surface area (TPSA) is 64.8 Å². The van der Waals surface area contributed by atoms with Crippen LogP contribution in [0.15, 0.2) is 0 Å². The van der Waals surface area contributed by atoms with Gasteiger partial charge < -0.3 is 20.1 Å². The van der Waals surface area contributed by atoms with Crippen LogP contribution >= 0.6 is 0 Å². The van der Waals surface area contributed by atoms with Crippen LogP contribution in [0.3, 0.4) is 0 Å². The number of amides is 1. The van der Waals surface area contributed by atoms with Gasteiger partial charge in [-0.15, -0.1) is 0 Å². The molecule has 1 amide bonds. The molecule has 0 aromatic carbocycles. The van der Waals surface area contributed by atoms with Crippen molar-refractivity contribution in [3.63, 3.8) is 0 Å². The Balaban J connectivity index is 2.15. The zero-order valence-corrected chi connectivity index (χ0v) is 10.9. The van der Waals surface area contributed by atoms with Gasteiger partial charge in [-0.05, 0) is 26.7 Å². The average Bonchev–Trinajstić information content (AvgIpc) is 2.34. The normalized spacial score (nSPS) is 19.4. The third-order valence-electron chi connectivity index (χ3n) is 2.93. The number of piperidine rings is 1. The SMILES string of the molecule is CCOCCOC1CCN(C(=O)C(C)N)CC1. The van der Waals surface area contributed by atoms with Crippen molar-refractivity contribution in [3.05, 3.63) is 0 Å². The summed E-state index contributed by atoms with van der Waals surface area (Å²) in [7, 11) is 0. The second-order valence-corrected chi connectivity index (χ2v) is 4.38. The van der Waals surface area contributed by atoms with Gasteiger partial charge in [-0.2, -0.15) is 0 Å². The molecular formula is C12H24N2O3. The van der Waals surface area contributed by atoms with E-state index in [1.807, 2.05) is 11.8 Å². The van der Waals surface area contributed by atoms with Crippen molar-refractivity contribution >= 4 is 5.91 Å². The summed E-state index contributed by atoms with van der Waals surface area (Å²) in [5, 5.41) is 0. The minimum absolute atomic E-state index is 0.0396. The van der Waals surface area contributed by atoms with E-state index in [2.05, 4.69) is 0 Å². The second-order valence-electron chi connectivity index (χ2n) is 4.38. The van der Waals surface area contributed by atoms with E-state index in [4.69, 9.17) is 15.2 Å². The molecule has 1 rings (SSSR count). The highest BCUT2D eigenvalue weighted by atomic mass is 16.5. The largest absolute Gasteiger partial charge is 0.379 e. The van der Waals surface area contributed by atoms with Gasteiger partial charge in [0.15, 0.2) is 0 Å².